The van der Waals surface area contributed by atoms with Crippen molar-refractivity contribution < 1.29 is 8.78 Å². The van der Waals surface area contributed by atoms with Crippen LogP contribution in [0.3, 0.4) is 0 Å². The Balaban J connectivity index is 0.000000386. The van der Waals surface area contributed by atoms with Gasteiger partial charge < -0.3 is 11.1 Å². The quantitative estimate of drug-likeness (QED) is 0.741. The van der Waals surface area contributed by atoms with Gasteiger partial charge in [0, 0.05) is 12.6 Å². The molecule has 2 nitrogen and oxygen atoms in total. The van der Waals surface area contributed by atoms with E-state index < -0.39 is 11.6 Å². The molecule has 0 radical (unpaired) electrons. The van der Waals surface area contributed by atoms with Crippen molar-refractivity contribution in [3.63, 3.8) is 0 Å². The van der Waals surface area contributed by atoms with Crippen molar-refractivity contribution in [3.8, 4) is 0 Å². The fraction of sp³-hybridized carbons (Fsp3) is 0.364. The standard InChI is InChI=1S/C10H11F2N.CH3NS/c11-9-3-8(4-10(12)5-9)7-1-2-13-6-7;2-1-3/h3-5,7,13H,1-2,6H2;1H,(H2,2,3)/t7-;/m0./s1. The van der Waals surface area contributed by atoms with Crippen LogP contribution in [-0.4, -0.2) is 18.6 Å². The first-order valence-electron chi connectivity index (χ1n) is 4.99. The molecular weight excluding hydrogens is 230 g/mol. The van der Waals surface area contributed by atoms with Crippen LogP contribution < -0.4 is 11.1 Å². The number of nitrogens with one attached hydrogen (secondary N) is 1. The summed E-state index contributed by atoms with van der Waals surface area (Å²) >= 11 is 4.05. The van der Waals surface area contributed by atoms with Crippen LogP contribution >= 0.6 is 12.2 Å². The summed E-state index contributed by atoms with van der Waals surface area (Å²) in [5.41, 5.74) is 6.39. The highest BCUT2D eigenvalue weighted by Crippen LogP contribution is 2.23. The molecule has 3 N–H and O–H groups in total. The molecule has 1 aliphatic rings. The maximum absolute atomic E-state index is 12.8. The van der Waals surface area contributed by atoms with Crippen molar-refractivity contribution in [2.24, 2.45) is 5.73 Å². The predicted molar refractivity (Wildman–Crippen MR) is 64.4 cm³/mol. The van der Waals surface area contributed by atoms with Crippen molar-refractivity contribution in [1.29, 1.82) is 0 Å². The smallest absolute Gasteiger partial charge is 0.126 e. The van der Waals surface area contributed by atoms with E-state index in [9.17, 15) is 8.78 Å². The highest BCUT2D eigenvalue weighted by atomic mass is 32.1. The zero-order valence-corrected chi connectivity index (χ0v) is 9.57. The monoisotopic (exact) mass is 244 g/mol. The van der Waals surface area contributed by atoms with Gasteiger partial charge in [-0.3, -0.25) is 0 Å². The molecule has 88 valence electrons. The maximum Gasteiger partial charge on any atom is 0.126 e. The number of rotatable bonds is 1. The van der Waals surface area contributed by atoms with Gasteiger partial charge in [0.1, 0.15) is 11.6 Å². The molecule has 0 bridgehead atoms. The van der Waals surface area contributed by atoms with Gasteiger partial charge in [0.05, 0.1) is 5.49 Å². The van der Waals surface area contributed by atoms with Crippen LogP contribution in [-0.2, 0) is 0 Å². The second kappa shape index (κ2) is 6.50. The maximum atomic E-state index is 12.8. The van der Waals surface area contributed by atoms with E-state index in [-0.39, 0.29) is 5.92 Å². The molecule has 0 spiro atoms. The number of hydrogen-bond donors (Lipinski definition) is 2. The zero-order valence-electron chi connectivity index (χ0n) is 8.75. The van der Waals surface area contributed by atoms with Crippen LogP contribution in [0.2, 0.25) is 0 Å². The molecule has 0 unspecified atom stereocenters. The third kappa shape index (κ3) is 3.83. The summed E-state index contributed by atoms with van der Waals surface area (Å²) in [6.45, 7) is 1.76. The molecule has 1 aliphatic heterocycles. The molecular formula is C11H14F2N2S. The Morgan fingerprint density at radius 2 is 1.88 bits per heavy atom. The SMILES string of the molecule is Fc1cc(F)cc([C@H]2CCNC2)c1.NC=S. The van der Waals surface area contributed by atoms with Crippen LogP contribution in [0.25, 0.3) is 0 Å². The number of nitrogens with two attached hydrogens (primary N) is 1. The molecule has 1 heterocycles. The minimum Gasteiger partial charge on any atom is -0.396 e. The average Bonchev–Trinajstić information content (AvgIpc) is 2.69. The third-order valence-corrected chi connectivity index (χ3v) is 2.42. The number of halogens is 2. The zero-order chi connectivity index (χ0) is 12.0. The van der Waals surface area contributed by atoms with Gasteiger partial charge in [-0.05, 0) is 36.6 Å². The molecule has 2 rings (SSSR count). The highest BCUT2D eigenvalue weighted by molar-refractivity contribution is 7.78. The molecule has 0 saturated carbocycles. The van der Waals surface area contributed by atoms with Crippen LogP contribution in [0, 0.1) is 11.6 Å². The fourth-order valence-corrected chi connectivity index (χ4v) is 1.75. The lowest BCUT2D eigenvalue weighted by Gasteiger charge is -2.08. The Bertz CT molecular complexity index is 332. The van der Waals surface area contributed by atoms with Gasteiger partial charge in [-0.25, -0.2) is 8.78 Å². The van der Waals surface area contributed by atoms with Crippen LogP contribution in [0.15, 0.2) is 18.2 Å². The Kier molecular flexibility index (Phi) is 5.28. The summed E-state index contributed by atoms with van der Waals surface area (Å²) in [4.78, 5) is 0. The van der Waals surface area contributed by atoms with Crippen LogP contribution in [0.5, 0.6) is 0 Å². The second-order valence-electron chi connectivity index (χ2n) is 3.53. The predicted octanol–water partition coefficient (Wildman–Crippen LogP) is 1.94. The highest BCUT2D eigenvalue weighted by Gasteiger charge is 2.17. The van der Waals surface area contributed by atoms with Gasteiger partial charge >= 0.3 is 0 Å². The summed E-state index contributed by atoms with van der Waals surface area (Å²) in [5, 5.41) is 3.16. The Hall–Kier alpha value is -1.07. The molecule has 1 saturated heterocycles. The molecule has 1 atom stereocenters. The molecule has 0 aliphatic carbocycles. The van der Waals surface area contributed by atoms with Crippen molar-refractivity contribution >= 4 is 17.7 Å². The third-order valence-electron chi connectivity index (χ3n) is 2.42. The minimum atomic E-state index is -0.484. The van der Waals surface area contributed by atoms with Crippen LogP contribution in [0.4, 0.5) is 8.78 Å². The second-order valence-corrected chi connectivity index (χ2v) is 3.80. The summed E-state index contributed by atoms with van der Waals surface area (Å²) in [6.07, 6.45) is 0.961. The summed E-state index contributed by atoms with van der Waals surface area (Å²) in [7, 11) is 0. The summed E-state index contributed by atoms with van der Waals surface area (Å²) in [6, 6.07) is 3.74. The Morgan fingerprint density at radius 3 is 2.31 bits per heavy atom. The molecule has 1 fully saturated rings. The van der Waals surface area contributed by atoms with E-state index >= 15 is 0 Å². The minimum absolute atomic E-state index is 0.269. The van der Waals surface area contributed by atoms with Crippen molar-refractivity contribution in [2.75, 3.05) is 13.1 Å². The van der Waals surface area contributed by atoms with Gasteiger partial charge in [0.2, 0.25) is 0 Å². The average molecular weight is 244 g/mol. The van der Waals surface area contributed by atoms with Crippen LogP contribution in [0.1, 0.15) is 17.9 Å². The topological polar surface area (TPSA) is 38.0 Å². The molecule has 0 aromatic heterocycles. The Morgan fingerprint density at radius 1 is 1.31 bits per heavy atom. The molecule has 16 heavy (non-hydrogen) atoms. The van der Waals surface area contributed by atoms with E-state index in [1.54, 1.807) is 0 Å². The van der Waals surface area contributed by atoms with Crippen molar-refractivity contribution in [2.45, 2.75) is 12.3 Å². The van der Waals surface area contributed by atoms with Gasteiger partial charge in [0.25, 0.3) is 0 Å². The summed E-state index contributed by atoms with van der Waals surface area (Å²) in [5.74, 6) is -0.700. The van der Waals surface area contributed by atoms with Gasteiger partial charge in [0.15, 0.2) is 0 Å². The van der Waals surface area contributed by atoms with E-state index in [0.717, 1.165) is 36.6 Å². The first-order chi connectivity index (χ1) is 7.67. The Labute approximate surface area is 98.8 Å². The fourth-order valence-electron chi connectivity index (χ4n) is 1.75. The van der Waals surface area contributed by atoms with Gasteiger partial charge in [-0.1, -0.05) is 12.2 Å². The normalized spacial score (nSPS) is 18.8. The number of thiocarbonyl (C=S) groups is 1. The van der Waals surface area contributed by atoms with Gasteiger partial charge in [-0.15, -0.1) is 0 Å². The first-order valence-corrected chi connectivity index (χ1v) is 5.46. The lowest BCUT2D eigenvalue weighted by Crippen LogP contribution is -2.08. The lowest BCUT2D eigenvalue weighted by molar-refractivity contribution is 0.575. The van der Waals surface area contributed by atoms with Gasteiger partial charge in [-0.2, -0.15) is 0 Å². The number of benzene rings is 1. The van der Waals surface area contributed by atoms with E-state index in [2.05, 4.69) is 23.3 Å². The molecule has 1 aromatic carbocycles. The number of hydrogen-bond acceptors (Lipinski definition) is 2. The lowest BCUT2D eigenvalue weighted by atomic mass is 9.98. The van der Waals surface area contributed by atoms with Crippen molar-refractivity contribution in [3.05, 3.63) is 35.4 Å². The molecule has 5 heteroatoms. The molecule has 1 aromatic rings. The largest absolute Gasteiger partial charge is 0.396 e. The molecule has 0 amide bonds. The van der Waals surface area contributed by atoms with E-state index in [1.165, 1.54) is 12.1 Å². The van der Waals surface area contributed by atoms with E-state index in [0.29, 0.717) is 0 Å². The van der Waals surface area contributed by atoms with E-state index in [4.69, 9.17) is 0 Å². The van der Waals surface area contributed by atoms with Crippen molar-refractivity contribution in [1.82, 2.24) is 5.32 Å². The first kappa shape index (κ1) is 13.0. The summed E-state index contributed by atoms with van der Waals surface area (Å²) < 4.78 is 25.6. The van der Waals surface area contributed by atoms with E-state index in [1.807, 2.05) is 0 Å².